The van der Waals surface area contributed by atoms with Crippen LogP contribution in [0.5, 0.6) is 5.75 Å². The van der Waals surface area contributed by atoms with Crippen LogP contribution >= 0.6 is 23.1 Å². The number of fused-ring (bicyclic) bond motifs is 2. The molecular weight excluding hydrogens is 591 g/mol. The Morgan fingerprint density at radius 1 is 0.976 bits per heavy atom. The molecule has 3 aliphatic heterocycles. The molecule has 2 saturated heterocycles. The van der Waals surface area contributed by atoms with Crippen LogP contribution in [-0.4, -0.2) is 52.6 Å². The highest BCUT2D eigenvalue weighted by Gasteiger charge is 2.58. The second kappa shape index (κ2) is 10.9. The predicted octanol–water partition coefficient (Wildman–Crippen LogP) is 4.75. The van der Waals surface area contributed by atoms with Crippen molar-refractivity contribution in [1.82, 2.24) is 9.47 Å². The fraction of sp³-hybridized carbons (Fsp3) is 0.379. The molecule has 3 atom stereocenters. The smallest absolute Gasteiger partial charge is 0.418 e. The zero-order valence-electron chi connectivity index (χ0n) is 22.4. The number of piperidine rings is 1. The van der Waals surface area contributed by atoms with Gasteiger partial charge in [0.1, 0.15) is 17.5 Å². The maximum atomic E-state index is 14.0. The number of halogens is 3. The molecule has 0 aliphatic carbocycles. The fourth-order valence-electron chi connectivity index (χ4n) is 6.04. The van der Waals surface area contributed by atoms with E-state index >= 15 is 0 Å². The Kier molecular flexibility index (Phi) is 7.42. The lowest BCUT2D eigenvalue weighted by Gasteiger charge is -2.32. The summed E-state index contributed by atoms with van der Waals surface area (Å²) in [5.74, 6) is -3.35. The lowest BCUT2D eigenvalue weighted by Crippen LogP contribution is -2.39. The number of nitrogens with zero attached hydrogens (tertiary/aromatic N) is 3. The minimum atomic E-state index is -4.80. The fourth-order valence-corrected chi connectivity index (χ4v) is 8.80. The standard InChI is InChI=1S/C29H26F3N3O5S2/c1-40-19-12-6-3-9-16(19)21-22-23(26(38)35(25(22)37)18-11-5-4-10-17(18)29(30,31)32)41-27-24(21)42-28(39)34(27)15-20(36)33-13-7-2-8-14-33/h3-6,9-12,21-23H,2,7-8,13-15H2,1H3. The summed E-state index contributed by atoms with van der Waals surface area (Å²) in [4.78, 5) is 56.9. The van der Waals surface area contributed by atoms with Gasteiger partial charge in [0.15, 0.2) is 0 Å². The summed E-state index contributed by atoms with van der Waals surface area (Å²) < 4.78 is 48.8. The van der Waals surface area contributed by atoms with Crippen LogP contribution in [0.15, 0.2) is 58.4 Å². The van der Waals surface area contributed by atoms with Gasteiger partial charge in [-0.15, -0.1) is 0 Å². The average Bonchev–Trinajstić information content (AvgIpc) is 3.43. The van der Waals surface area contributed by atoms with E-state index < -0.39 is 51.2 Å². The summed E-state index contributed by atoms with van der Waals surface area (Å²) >= 11 is 1.85. The van der Waals surface area contributed by atoms with Crippen LogP contribution < -0.4 is 14.5 Å². The molecule has 3 unspecified atom stereocenters. The van der Waals surface area contributed by atoms with Crippen LogP contribution in [0.25, 0.3) is 0 Å². The highest BCUT2D eigenvalue weighted by molar-refractivity contribution is 8.00. The Balaban J connectivity index is 1.48. The lowest BCUT2D eigenvalue weighted by molar-refractivity contribution is -0.137. The molecule has 0 spiro atoms. The molecule has 42 heavy (non-hydrogen) atoms. The molecule has 4 heterocycles. The van der Waals surface area contributed by atoms with E-state index in [2.05, 4.69) is 0 Å². The van der Waals surface area contributed by atoms with Crippen molar-refractivity contribution in [2.75, 3.05) is 25.1 Å². The van der Waals surface area contributed by atoms with Gasteiger partial charge in [-0.25, -0.2) is 4.90 Å². The molecule has 3 amide bonds. The zero-order chi connectivity index (χ0) is 29.8. The summed E-state index contributed by atoms with van der Waals surface area (Å²) in [7, 11) is 1.45. The molecule has 3 aromatic rings. The molecule has 0 N–H and O–H groups in total. The van der Waals surface area contributed by atoms with Crippen molar-refractivity contribution in [3.63, 3.8) is 0 Å². The van der Waals surface area contributed by atoms with Gasteiger partial charge >= 0.3 is 11.0 Å². The molecule has 8 nitrogen and oxygen atoms in total. The minimum Gasteiger partial charge on any atom is -0.496 e. The van der Waals surface area contributed by atoms with Crippen LogP contribution in [0.4, 0.5) is 18.9 Å². The third kappa shape index (κ3) is 4.72. The van der Waals surface area contributed by atoms with Crippen molar-refractivity contribution in [2.24, 2.45) is 5.92 Å². The SMILES string of the molecule is COc1ccccc1C1c2sc(=O)n(CC(=O)N3CCCCC3)c2SC2C(=O)N(c3ccccc3C(F)(F)F)C(=O)C21. The third-order valence-corrected chi connectivity index (χ3v) is 10.6. The van der Waals surface area contributed by atoms with Crippen molar-refractivity contribution in [3.05, 3.63) is 74.2 Å². The molecular formula is C29H26F3N3O5S2. The number of carbonyl (C=O) groups is 3. The number of rotatable bonds is 5. The largest absolute Gasteiger partial charge is 0.496 e. The molecule has 13 heteroatoms. The number of methoxy groups -OCH3 is 1. The molecule has 6 rings (SSSR count). The third-order valence-electron chi connectivity index (χ3n) is 7.98. The van der Waals surface area contributed by atoms with E-state index in [4.69, 9.17) is 4.74 Å². The minimum absolute atomic E-state index is 0.219. The number of thioether (sulfide) groups is 1. The normalized spacial score (nSPS) is 22.2. The van der Waals surface area contributed by atoms with Crippen molar-refractivity contribution in [1.29, 1.82) is 0 Å². The number of carbonyl (C=O) groups excluding carboxylic acids is 3. The van der Waals surface area contributed by atoms with Gasteiger partial charge < -0.3 is 9.64 Å². The highest BCUT2D eigenvalue weighted by Crippen LogP contribution is 2.55. The molecule has 220 valence electrons. The Hall–Kier alpha value is -3.58. The summed E-state index contributed by atoms with van der Waals surface area (Å²) in [5.41, 5.74) is -1.10. The number of alkyl halides is 3. The number of hydrogen-bond donors (Lipinski definition) is 0. The van der Waals surface area contributed by atoms with Crippen molar-refractivity contribution in [3.8, 4) is 5.75 Å². The van der Waals surface area contributed by atoms with Crippen LogP contribution in [0.2, 0.25) is 0 Å². The maximum absolute atomic E-state index is 14.0. The number of para-hydroxylation sites is 2. The Labute approximate surface area is 247 Å². The first-order valence-electron chi connectivity index (χ1n) is 13.5. The Bertz CT molecular complexity index is 1630. The van der Waals surface area contributed by atoms with Gasteiger partial charge in [0, 0.05) is 29.4 Å². The number of amides is 3. The van der Waals surface area contributed by atoms with Gasteiger partial charge in [0.25, 0.3) is 0 Å². The van der Waals surface area contributed by atoms with E-state index in [1.807, 2.05) is 0 Å². The van der Waals surface area contributed by atoms with Crippen LogP contribution in [0.3, 0.4) is 0 Å². The quantitative estimate of drug-likeness (QED) is 0.385. The first-order valence-corrected chi connectivity index (χ1v) is 15.2. The van der Waals surface area contributed by atoms with Crippen LogP contribution in [0, 0.1) is 5.92 Å². The predicted molar refractivity (Wildman–Crippen MR) is 151 cm³/mol. The first kappa shape index (κ1) is 28.5. The monoisotopic (exact) mass is 617 g/mol. The highest BCUT2D eigenvalue weighted by atomic mass is 32.2. The van der Waals surface area contributed by atoms with E-state index in [-0.39, 0.29) is 12.5 Å². The topological polar surface area (TPSA) is 88.9 Å². The molecule has 2 fully saturated rings. The van der Waals surface area contributed by atoms with Crippen molar-refractivity contribution >= 4 is 46.5 Å². The van der Waals surface area contributed by atoms with Gasteiger partial charge in [0.2, 0.25) is 17.7 Å². The van der Waals surface area contributed by atoms with Gasteiger partial charge in [-0.05, 0) is 37.5 Å². The molecule has 2 aromatic carbocycles. The number of anilines is 1. The summed E-state index contributed by atoms with van der Waals surface area (Å²) in [6, 6.07) is 11.4. The van der Waals surface area contributed by atoms with Gasteiger partial charge in [-0.1, -0.05) is 53.4 Å². The van der Waals surface area contributed by atoms with Crippen LogP contribution in [0.1, 0.15) is 41.2 Å². The van der Waals surface area contributed by atoms with Gasteiger partial charge in [0.05, 0.1) is 29.3 Å². The van der Waals surface area contributed by atoms with Gasteiger partial charge in [-0.2, -0.15) is 13.2 Å². The lowest BCUT2D eigenvalue weighted by atomic mass is 9.82. The van der Waals surface area contributed by atoms with E-state index in [0.29, 0.717) is 39.2 Å². The molecule has 0 bridgehead atoms. The number of imide groups is 1. The first-order chi connectivity index (χ1) is 20.1. The number of hydrogen-bond acceptors (Lipinski definition) is 7. The summed E-state index contributed by atoms with van der Waals surface area (Å²) in [6.07, 6.45) is -2.01. The number of thiazole rings is 1. The number of benzene rings is 2. The Morgan fingerprint density at radius 2 is 1.67 bits per heavy atom. The molecule has 0 saturated carbocycles. The van der Waals surface area contributed by atoms with E-state index in [0.717, 1.165) is 54.5 Å². The van der Waals surface area contributed by atoms with Crippen molar-refractivity contribution in [2.45, 2.75) is 48.2 Å². The molecule has 0 radical (unpaired) electrons. The summed E-state index contributed by atoms with van der Waals surface area (Å²) in [6.45, 7) is 0.973. The number of aromatic nitrogens is 1. The van der Waals surface area contributed by atoms with E-state index in [1.54, 1.807) is 29.2 Å². The second-order valence-electron chi connectivity index (χ2n) is 10.4. The Morgan fingerprint density at radius 3 is 2.38 bits per heavy atom. The summed E-state index contributed by atoms with van der Waals surface area (Å²) in [5, 5.41) is -0.744. The zero-order valence-corrected chi connectivity index (χ0v) is 24.1. The van der Waals surface area contributed by atoms with Crippen molar-refractivity contribution < 1.29 is 32.3 Å². The van der Waals surface area contributed by atoms with Crippen LogP contribution in [-0.2, 0) is 27.1 Å². The van der Waals surface area contributed by atoms with E-state index in [9.17, 15) is 32.3 Å². The molecule has 3 aliphatic rings. The number of likely N-dealkylation sites (tertiary alicyclic amines) is 1. The second-order valence-corrected chi connectivity index (χ2v) is 12.5. The maximum Gasteiger partial charge on any atom is 0.418 e. The average molecular weight is 618 g/mol. The van der Waals surface area contributed by atoms with E-state index in [1.165, 1.54) is 23.8 Å². The number of ether oxygens (including phenoxy) is 1. The van der Waals surface area contributed by atoms with Gasteiger partial charge in [-0.3, -0.25) is 23.7 Å². The molecule has 1 aromatic heterocycles.